The van der Waals surface area contributed by atoms with E-state index >= 15 is 0 Å². The number of fused-ring (bicyclic) bond motifs is 6. The van der Waals surface area contributed by atoms with E-state index in [-0.39, 0.29) is 28.0 Å². The highest BCUT2D eigenvalue weighted by Gasteiger charge is 2.33. The standard InChI is InChI=1S/C40H20F6N4/c41-39(42,43)26-12-14-30-28-8-1-3-10-33(28)49(37(30)19-26)35-17-25(24-7-5-6-23(16-24)21-47)18-36(32(35)22-48)50-34-11-4-2-9-29(34)31-15-13-27(20-38(31)50)40(44,45)46/h1-20H. The molecule has 0 aliphatic carbocycles. The van der Waals surface area contributed by atoms with Crippen molar-refractivity contribution in [3.05, 3.63) is 144 Å². The van der Waals surface area contributed by atoms with Gasteiger partial charge in [0.25, 0.3) is 0 Å². The van der Waals surface area contributed by atoms with E-state index in [0.717, 1.165) is 24.3 Å². The molecule has 0 saturated heterocycles. The van der Waals surface area contributed by atoms with Crippen molar-refractivity contribution in [1.82, 2.24) is 9.13 Å². The zero-order valence-corrected chi connectivity index (χ0v) is 25.6. The molecule has 0 aliphatic heterocycles. The van der Waals surface area contributed by atoms with E-state index in [2.05, 4.69) is 12.1 Å². The molecule has 4 nitrogen and oxygen atoms in total. The zero-order chi connectivity index (χ0) is 34.9. The molecule has 0 bridgehead atoms. The molecular weight excluding hydrogens is 650 g/mol. The molecule has 2 aromatic heterocycles. The third-order valence-corrected chi connectivity index (χ3v) is 9.02. The van der Waals surface area contributed by atoms with Gasteiger partial charge in [-0.25, -0.2) is 0 Å². The van der Waals surface area contributed by atoms with Crippen LogP contribution in [0.1, 0.15) is 22.3 Å². The topological polar surface area (TPSA) is 57.4 Å². The van der Waals surface area contributed by atoms with Gasteiger partial charge in [0, 0.05) is 21.5 Å². The number of benzene rings is 6. The molecule has 0 atom stereocenters. The highest BCUT2D eigenvalue weighted by Crippen LogP contribution is 2.42. The molecule has 0 unspecified atom stereocenters. The van der Waals surface area contributed by atoms with Crippen molar-refractivity contribution < 1.29 is 26.3 Å². The van der Waals surface area contributed by atoms with Gasteiger partial charge >= 0.3 is 12.4 Å². The molecule has 8 rings (SSSR count). The van der Waals surface area contributed by atoms with Gasteiger partial charge in [-0.05, 0) is 71.8 Å². The van der Waals surface area contributed by atoms with Gasteiger partial charge < -0.3 is 9.13 Å². The second-order valence-electron chi connectivity index (χ2n) is 11.9. The molecule has 0 N–H and O–H groups in total. The molecule has 242 valence electrons. The summed E-state index contributed by atoms with van der Waals surface area (Å²) in [5.41, 5.74) is 1.49. The maximum absolute atomic E-state index is 14.1. The maximum atomic E-state index is 14.1. The van der Waals surface area contributed by atoms with Crippen LogP contribution in [-0.4, -0.2) is 9.13 Å². The van der Waals surface area contributed by atoms with Crippen LogP contribution in [0.5, 0.6) is 0 Å². The van der Waals surface area contributed by atoms with E-state index in [1.54, 1.807) is 94.1 Å². The molecule has 0 amide bonds. The van der Waals surface area contributed by atoms with Crippen LogP contribution in [0.25, 0.3) is 66.1 Å². The van der Waals surface area contributed by atoms with Gasteiger partial charge in [-0.3, -0.25) is 0 Å². The van der Waals surface area contributed by atoms with Crippen LogP contribution in [0.4, 0.5) is 26.3 Å². The van der Waals surface area contributed by atoms with Gasteiger partial charge in [0.1, 0.15) is 11.6 Å². The predicted octanol–water partition coefficient (Wildman–Crippen LogP) is 11.3. The summed E-state index contributed by atoms with van der Waals surface area (Å²) < 4.78 is 87.8. The lowest BCUT2D eigenvalue weighted by Gasteiger charge is -2.19. The Labute approximate surface area is 279 Å². The first-order valence-electron chi connectivity index (χ1n) is 15.3. The molecule has 8 aromatic rings. The van der Waals surface area contributed by atoms with Crippen molar-refractivity contribution in [2.75, 3.05) is 0 Å². The van der Waals surface area contributed by atoms with Crippen molar-refractivity contribution in [1.29, 1.82) is 10.5 Å². The van der Waals surface area contributed by atoms with Crippen molar-refractivity contribution in [2.45, 2.75) is 12.4 Å². The average Bonchev–Trinajstić information content (AvgIpc) is 3.62. The summed E-state index contributed by atoms with van der Waals surface area (Å²) in [6, 6.07) is 35.3. The summed E-state index contributed by atoms with van der Waals surface area (Å²) in [5, 5.41) is 22.9. The van der Waals surface area contributed by atoms with Crippen LogP contribution in [0, 0.1) is 22.7 Å². The molecule has 10 heteroatoms. The Bertz CT molecular complexity index is 2620. The molecule has 0 aliphatic rings. The summed E-state index contributed by atoms with van der Waals surface area (Å²) >= 11 is 0. The van der Waals surface area contributed by atoms with E-state index in [9.17, 15) is 36.9 Å². The minimum Gasteiger partial charge on any atom is -0.308 e. The number of rotatable bonds is 3. The number of nitrogens with zero attached hydrogens (tertiary/aromatic N) is 4. The van der Waals surface area contributed by atoms with Gasteiger partial charge in [0.2, 0.25) is 0 Å². The van der Waals surface area contributed by atoms with Gasteiger partial charge in [-0.1, -0.05) is 60.7 Å². The van der Waals surface area contributed by atoms with Crippen molar-refractivity contribution in [3.63, 3.8) is 0 Å². The van der Waals surface area contributed by atoms with Crippen molar-refractivity contribution >= 4 is 43.6 Å². The Morgan fingerprint density at radius 2 is 0.920 bits per heavy atom. The Morgan fingerprint density at radius 3 is 1.38 bits per heavy atom. The summed E-state index contributed by atoms with van der Waals surface area (Å²) in [4.78, 5) is 0. The summed E-state index contributed by atoms with van der Waals surface area (Å²) in [5.74, 6) is 0. The minimum atomic E-state index is -4.66. The molecular formula is C40H20F6N4. The first-order valence-corrected chi connectivity index (χ1v) is 15.3. The smallest absolute Gasteiger partial charge is 0.308 e. The Kier molecular flexibility index (Phi) is 6.78. The molecule has 0 radical (unpaired) electrons. The molecule has 0 spiro atoms. The fourth-order valence-corrected chi connectivity index (χ4v) is 6.83. The number of nitriles is 2. The quantitative estimate of drug-likeness (QED) is 0.176. The first-order chi connectivity index (χ1) is 24.0. The molecule has 2 heterocycles. The van der Waals surface area contributed by atoms with Gasteiger partial charge in [-0.15, -0.1) is 0 Å². The van der Waals surface area contributed by atoms with Crippen LogP contribution in [0.3, 0.4) is 0 Å². The molecule has 50 heavy (non-hydrogen) atoms. The number of para-hydroxylation sites is 2. The number of aromatic nitrogens is 2. The normalized spacial score (nSPS) is 12.2. The number of hydrogen-bond acceptors (Lipinski definition) is 2. The summed E-state index contributed by atoms with van der Waals surface area (Å²) in [7, 11) is 0. The van der Waals surface area contributed by atoms with Crippen LogP contribution >= 0.6 is 0 Å². The molecule has 0 fully saturated rings. The fourth-order valence-electron chi connectivity index (χ4n) is 6.83. The SMILES string of the molecule is N#Cc1cccc(-c2cc(-n3c4ccccc4c4ccc(C(F)(F)F)cc43)c(C#N)c(-n3c4ccccc4c4ccc(C(F)(F)F)cc43)c2)c1. The van der Waals surface area contributed by atoms with E-state index in [0.29, 0.717) is 49.3 Å². The van der Waals surface area contributed by atoms with E-state index in [1.807, 2.05) is 0 Å². The number of alkyl halides is 6. The molecule has 6 aromatic carbocycles. The van der Waals surface area contributed by atoms with E-state index in [1.165, 1.54) is 12.1 Å². The number of halogens is 6. The fraction of sp³-hybridized carbons (Fsp3) is 0.0500. The second-order valence-corrected chi connectivity index (χ2v) is 11.9. The van der Waals surface area contributed by atoms with Crippen molar-refractivity contribution in [3.8, 4) is 34.6 Å². The van der Waals surface area contributed by atoms with Gasteiger partial charge in [0.15, 0.2) is 0 Å². The zero-order valence-electron chi connectivity index (χ0n) is 25.6. The summed E-state index contributed by atoms with van der Waals surface area (Å²) in [6.07, 6.45) is -9.31. The number of hydrogen-bond donors (Lipinski definition) is 0. The van der Waals surface area contributed by atoms with Crippen LogP contribution in [0.2, 0.25) is 0 Å². The Balaban J connectivity index is 1.57. The molecule has 0 saturated carbocycles. The van der Waals surface area contributed by atoms with E-state index in [4.69, 9.17) is 0 Å². The Hall–Kier alpha value is -6.52. The van der Waals surface area contributed by atoms with Gasteiger partial charge in [-0.2, -0.15) is 36.9 Å². The lowest BCUT2D eigenvalue weighted by molar-refractivity contribution is -0.138. The largest absolute Gasteiger partial charge is 0.416 e. The second kappa shape index (κ2) is 11.0. The lowest BCUT2D eigenvalue weighted by Crippen LogP contribution is -2.08. The first kappa shape index (κ1) is 30.8. The lowest BCUT2D eigenvalue weighted by atomic mass is 9.98. The highest BCUT2D eigenvalue weighted by atomic mass is 19.4. The summed E-state index contributed by atoms with van der Waals surface area (Å²) in [6.45, 7) is 0. The van der Waals surface area contributed by atoms with Crippen LogP contribution < -0.4 is 0 Å². The van der Waals surface area contributed by atoms with Crippen LogP contribution in [-0.2, 0) is 12.4 Å². The average molecular weight is 671 g/mol. The maximum Gasteiger partial charge on any atom is 0.416 e. The van der Waals surface area contributed by atoms with Crippen LogP contribution in [0.15, 0.2) is 121 Å². The predicted molar refractivity (Wildman–Crippen MR) is 180 cm³/mol. The minimum absolute atomic E-state index is 0.0188. The van der Waals surface area contributed by atoms with Gasteiger partial charge in [0.05, 0.1) is 56.2 Å². The highest BCUT2D eigenvalue weighted by molar-refractivity contribution is 6.11. The third-order valence-electron chi connectivity index (χ3n) is 9.02. The van der Waals surface area contributed by atoms with Crippen molar-refractivity contribution in [2.24, 2.45) is 0 Å². The Morgan fingerprint density at radius 1 is 0.440 bits per heavy atom. The van der Waals surface area contributed by atoms with E-state index < -0.39 is 23.5 Å². The monoisotopic (exact) mass is 670 g/mol. The third kappa shape index (κ3) is 4.76.